The molecule has 146 valence electrons. The number of nitrogens with two attached hydrogens (primary N) is 1. The van der Waals surface area contributed by atoms with Crippen LogP contribution in [-0.4, -0.2) is 46.9 Å². The van der Waals surface area contributed by atoms with E-state index < -0.39 is 30.0 Å². The van der Waals surface area contributed by atoms with Gasteiger partial charge in [-0.15, -0.1) is 0 Å². The number of alkyl carbamates (subject to hydrolysis) is 1. The smallest absolute Gasteiger partial charge is 0.408 e. The molecule has 1 aromatic rings. The molecular weight excluding hydrogens is 351 g/mol. The second-order valence-corrected chi connectivity index (χ2v) is 7.19. The SMILES string of the molecule is CC(C)(C)OC(=O)NC1CCN(C(c2ccc(NN)nc2)C(F)(F)F)C1. The Morgan fingerprint density at radius 2 is 2.08 bits per heavy atom. The number of alkyl halides is 3. The Balaban J connectivity index is 2.07. The van der Waals surface area contributed by atoms with E-state index in [0.717, 1.165) is 6.20 Å². The third-order valence-corrected chi connectivity index (χ3v) is 3.87. The molecule has 26 heavy (non-hydrogen) atoms. The number of pyridine rings is 1. The maximum atomic E-state index is 13.6. The van der Waals surface area contributed by atoms with Crippen LogP contribution in [0, 0.1) is 0 Å². The molecule has 2 unspecified atom stereocenters. The molecule has 0 aromatic carbocycles. The molecule has 2 heterocycles. The normalized spacial score (nSPS) is 19.9. The number of hydrazine groups is 1. The van der Waals surface area contributed by atoms with Crippen molar-refractivity contribution in [3.05, 3.63) is 23.9 Å². The molecule has 0 spiro atoms. The standard InChI is InChI=1S/C16H24F3N5O2/c1-15(2,3)26-14(25)22-11-6-7-24(9-11)13(16(17,18)19)10-4-5-12(23-20)21-8-10/h4-5,8,11,13H,6-7,9,20H2,1-3H3,(H,21,23)(H,22,25). The lowest BCUT2D eigenvalue weighted by molar-refractivity contribution is -0.183. The van der Waals surface area contributed by atoms with Gasteiger partial charge in [0.2, 0.25) is 0 Å². The number of hydrogen-bond donors (Lipinski definition) is 3. The molecular formula is C16H24F3N5O2. The van der Waals surface area contributed by atoms with Gasteiger partial charge in [-0.3, -0.25) is 4.90 Å². The van der Waals surface area contributed by atoms with Crippen molar-refractivity contribution in [3.8, 4) is 0 Å². The van der Waals surface area contributed by atoms with Gasteiger partial charge in [-0.2, -0.15) is 13.2 Å². The summed E-state index contributed by atoms with van der Waals surface area (Å²) in [6.45, 7) is 5.43. The largest absolute Gasteiger partial charge is 0.444 e. The fraction of sp³-hybridized carbons (Fsp3) is 0.625. The highest BCUT2D eigenvalue weighted by Gasteiger charge is 2.47. The van der Waals surface area contributed by atoms with Crippen LogP contribution in [0.5, 0.6) is 0 Å². The molecule has 0 aliphatic carbocycles. The van der Waals surface area contributed by atoms with Gasteiger partial charge < -0.3 is 15.5 Å². The number of likely N-dealkylation sites (tertiary alicyclic amines) is 1. The molecule has 0 radical (unpaired) electrons. The van der Waals surface area contributed by atoms with Crippen LogP contribution in [0.2, 0.25) is 0 Å². The Bertz CT molecular complexity index is 616. The quantitative estimate of drug-likeness (QED) is 0.553. The molecule has 0 saturated carbocycles. The number of rotatable bonds is 4. The molecule has 1 saturated heterocycles. The predicted octanol–water partition coefficient (Wildman–Crippen LogP) is 2.57. The van der Waals surface area contributed by atoms with E-state index in [1.807, 2.05) is 0 Å². The number of nitrogen functional groups attached to an aromatic ring is 1. The summed E-state index contributed by atoms with van der Waals surface area (Å²) in [5, 5.41) is 2.63. The zero-order valence-corrected chi connectivity index (χ0v) is 14.9. The highest BCUT2D eigenvalue weighted by molar-refractivity contribution is 5.68. The molecule has 2 rings (SSSR count). The van der Waals surface area contributed by atoms with Crippen LogP contribution in [0.3, 0.4) is 0 Å². The number of amides is 1. The highest BCUT2D eigenvalue weighted by atomic mass is 19.4. The first-order valence-corrected chi connectivity index (χ1v) is 8.22. The first kappa shape index (κ1) is 20.2. The lowest BCUT2D eigenvalue weighted by atomic mass is 10.1. The number of hydrogen-bond acceptors (Lipinski definition) is 6. The molecule has 7 nitrogen and oxygen atoms in total. The number of halogens is 3. The van der Waals surface area contributed by atoms with Crippen molar-refractivity contribution in [3.63, 3.8) is 0 Å². The van der Waals surface area contributed by atoms with E-state index in [4.69, 9.17) is 10.6 Å². The molecule has 1 aliphatic heterocycles. The number of carbonyl (C=O) groups is 1. The lowest BCUT2D eigenvalue weighted by Crippen LogP contribution is -2.42. The Hall–Kier alpha value is -2.07. The average Bonchev–Trinajstić information content (AvgIpc) is 2.92. The zero-order chi connectivity index (χ0) is 19.5. The number of aromatic nitrogens is 1. The minimum absolute atomic E-state index is 0.0226. The molecule has 2 atom stereocenters. The van der Waals surface area contributed by atoms with Crippen molar-refractivity contribution in [2.24, 2.45) is 5.84 Å². The van der Waals surface area contributed by atoms with Gasteiger partial charge in [0.15, 0.2) is 0 Å². The summed E-state index contributed by atoms with van der Waals surface area (Å²) in [5.74, 6) is 5.47. The molecule has 1 aromatic heterocycles. The van der Waals surface area contributed by atoms with Crippen molar-refractivity contribution in [2.75, 3.05) is 18.5 Å². The fourth-order valence-corrected chi connectivity index (χ4v) is 2.87. The van der Waals surface area contributed by atoms with E-state index >= 15 is 0 Å². The van der Waals surface area contributed by atoms with Crippen molar-refractivity contribution in [2.45, 2.75) is 51.1 Å². The third-order valence-electron chi connectivity index (χ3n) is 3.87. The summed E-state index contributed by atoms with van der Waals surface area (Å²) in [6.07, 6.45) is -3.54. The molecule has 4 N–H and O–H groups in total. The van der Waals surface area contributed by atoms with Crippen LogP contribution < -0.4 is 16.6 Å². The first-order valence-electron chi connectivity index (χ1n) is 8.22. The summed E-state index contributed by atoms with van der Waals surface area (Å²) < 4.78 is 46.0. The van der Waals surface area contributed by atoms with E-state index in [9.17, 15) is 18.0 Å². The summed E-state index contributed by atoms with van der Waals surface area (Å²) >= 11 is 0. The number of carbonyl (C=O) groups excluding carboxylic acids is 1. The van der Waals surface area contributed by atoms with Gasteiger partial charge in [0.1, 0.15) is 17.5 Å². The number of nitrogens with one attached hydrogen (secondary N) is 2. The van der Waals surface area contributed by atoms with Gasteiger partial charge in [-0.1, -0.05) is 6.07 Å². The predicted molar refractivity (Wildman–Crippen MR) is 90.2 cm³/mol. The van der Waals surface area contributed by atoms with Crippen molar-refractivity contribution < 1.29 is 22.7 Å². The Labute approximate surface area is 150 Å². The number of ether oxygens (including phenoxy) is 1. The minimum Gasteiger partial charge on any atom is -0.444 e. The molecule has 1 amide bonds. The van der Waals surface area contributed by atoms with Crippen molar-refractivity contribution in [1.82, 2.24) is 15.2 Å². The van der Waals surface area contributed by atoms with Crippen LogP contribution in [-0.2, 0) is 4.74 Å². The van der Waals surface area contributed by atoms with Gasteiger partial charge in [0.25, 0.3) is 0 Å². The topological polar surface area (TPSA) is 92.5 Å². The summed E-state index contributed by atoms with van der Waals surface area (Å²) in [6, 6.07) is 0.523. The van der Waals surface area contributed by atoms with E-state index in [2.05, 4.69) is 15.7 Å². The highest BCUT2D eigenvalue weighted by Crippen LogP contribution is 2.39. The van der Waals surface area contributed by atoms with Gasteiger partial charge in [0.05, 0.1) is 0 Å². The van der Waals surface area contributed by atoms with E-state index in [1.54, 1.807) is 20.8 Å². The van der Waals surface area contributed by atoms with Gasteiger partial charge >= 0.3 is 12.3 Å². The summed E-state index contributed by atoms with van der Waals surface area (Å²) in [7, 11) is 0. The zero-order valence-electron chi connectivity index (χ0n) is 14.9. The van der Waals surface area contributed by atoms with Crippen LogP contribution in [0.1, 0.15) is 38.8 Å². The average molecular weight is 375 g/mol. The minimum atomic E-state index is -4.47. The summed E-state index contributed by atoms with van der Waals surface area (Å²) in [4.78, 5) is 17.0. The molecule has 10 heteroatoms. The number of anilines is 1. The van der Waals surface area contributed by atoms with E-state index in [0.29, 0.717) is 6.42 Å². The molecule has 1 fully saturated rings. The Morgan fingerprint density at radius 3 is 2.58 bits per heavy atom. The van der Waals surface area contributed by atoms with E-state index in [-0.39, 0.29) is 24.5 Å². The Kier molecular flexibility index (Phi) is 5.97. The van der Waals surface area contributed by atoms with Crippen molar-refractivity contribution in [1.29, 1.82) is 0 Å². The van der Waals surface area contributed by atoms with Gasteiger partial charge in [0, 0.05) is 25.3 Å². The third kappa shape index (κ3) is 5.46. The monoisotopic (exact) mass is 375 g/mol. The van der Waals surface area contributed by atoms with Crippen molar-refractivity contribution >= 4 is 11.9 Å². The Morgan fingerprint density at radius 1 is 1.38 bits per heavy atom. The lowest BCUT2D eigenvalue weighted by Gasteiger charge is -2.30. The second kappa shape index (κ2) is 7.67. The van der Waals surface area contributed by atoms with E-state index in [1.165, 1.54) is 17.0 Å². The molecule has 1 aliphatic rings. The maximum absolute atomic E-state index is 13.6. The van der Waals surface area contributed by atoms with Crippen LogP contribution >= 0.6 is 0 Å². The fourth-order valence-electron chi connectivity index (χ4n) is 2.87. The number of nitrogens with zero attached hydrogens (tertiary/aromatic N) is 2. The maximum Gasteiger partial charge on any atom is 0.408 e. The molecule has 0 bridgehead atoms. The first-order chi connectivity index (χ1) is 12.0. The van der Waals surface area contributed by atoms with Gasteiger partial charge in [-0.25, -0.2) is 15.6 Å². The second-order valence-electron chi connectivity index (χ2n) is 7.19. The van der Waals surface area contributed by atoms with Crippen LogP contribution in [0.15, 0.2) is 18.3 Å². The van der Waals surface area contributed by atoms with Crippen LogP contribution in [0.25, 0.3) is 0 Å². The summed E-state index contributed by atoms with van der Waals surface area (Å²) in [5.41, 5.74) is 1.64. The van der Waals surface area contributed by atoms with Crippen LogP contribution in [0.4, 0.5) is 23.8 Å². The van der Waals surface area contributed by atoms with Gasteiger partial charge in [-0.05, 0) is 38.8 Å².